The zero-order chi connectivity index (χ0) is 12.7. The summed E-state index contributed by atoms with van der Waals surface area (Å²) in [7, 11) is 0. The normalized spacial score (nSPS) is 19.5. The summed E-state index contributed by atoms with van der Waals surface area (Å²) in [6.45, 7) is 5.75. The first-order valence-corrected chi connectivity index (χ1v) is 7.17. The van der Waals surface area contributed by atoms with E-state index in [9.17, 15) is 4.79 Å². The number of rotatable bonds is 8. The number of nitrogens with one attached hydrogen (secondary N) is 1. The predicted octanol–water partition coefficient (Wildman–Crippen LogP) is 2.45. The van der Waals surface area contributed by atoms with Crippen LogP contribution < -0.4 is 11.1 Å². The minimum absolute atomic E-state index is 0.196. The van der Waals surface area contributed by atoms with Crippen molar-refractivity contribution < 1.29 is 4.79 Å². The lowest BCUT2D eigenvalue weighted by Crippen LogP contribution is -2.51. The van der Waals surface area contributed by atoms with Crippen LogP contribution >= 0.6 is 0 Å². The topological polar surface area (TPSA) is 55.1 Å². The van der Waals surface area contributed by atoms with Gasteiger partial charge < -0.3 is 11.1 Å². The molecule has 100 valence electrons. The van der Waals surface area contributed by atoms with Gasteiger partial charge in [0, 0.05) is 13.1 Å². The highest BCUT2D eigenvalue weighted by Gasteiger charge is 2.42. The minimum atomic E-state index is -0.219. The van der Waals surface area contributed by atoms with Crippen molar-refractivity contribution in [2.24, 2.45) is 17.1 Å². The molecule has 0 heterocycles. The summed E-state index contributed by atoms with van der Waals surface area (Å²) < 4.78 is 0. The van der Waals surface area contributed by atoms with Gasteiger partial charge in [-0.15, -0.1) is 0 Å². The van der Waals surface area contributed by atoms with Gasteiger partial charge in [-0.2, -0.15) is 0 Å². The lowest BCUT2D eigenvalue weighted by Gasteiger charge is -2.39. The molecule has 0 spiro atoms. The highest BCUT2D eigenvalue weighted by Crippen LogP contribution is 2.40. The van der Waals surface area contributed by atoms with Gasteiger partial charge in [-0.05, 0) is 25.2 Å². The molecule has 17 heavy (non-hydrogen) atoms. The van der Waals surface area contributed by atoms with Crippen LogP contribution in [0.3, 0.4) is 0 Å². The Morgan fingerprint density at radius 1 is 1.41 bits per heavy atom. The molecule has 0 bridgehead atoms. The monoisotopic (exact) mass is 240 g/mol. The number of hydrogen-bond acceptors (Lipinski definition) is 2. The fourth-order valence-electron chi connectivity index (χ4n) is 2.50. The molecule has 1 saturated carbocycles. The Bertz CT molecular complexity index is 231. The first-order valence-electron chi connectivity index (χ1n) is 7.17. The van der Waals surface area contributed by atoms with E-state index in [0.29, 0.717) is 12.5 Å². The molecule has 1 rings (SSSR count). The van der Waals surface area contributed by atoms with E-state index >= 15 is 0 Å². The molecule has 1 aliphatic carbocycles. The number of nitrogens with two attached hydrogens (primary N) is 1. The second kappa shape index (κ2) is 7.00. The predicted molar refractivity (Wildman–Crippen MR) is 71.7 cm³/mol. The van der Waals surface area contributed by atoms with Crippen LogP contribution in [0.4, 0.5) is 0 Å². The van der Waals surface area contributed by atoms with Crippen molar-refractivity contribution in [3.63, 3.8) is 0 Å². The van der Waals surface area contributed by atoms with Crippen molar-refractivity contribution in [3.8, 4) is 0 Å². The van der Waals surface area contributed by atoms with E-state index in [0.717, 1.165) is 32.2 Å². The highest BCUT2D eigenvalue weighted by molar-refractivity contribution is 5.83. The maximum Gasteiger partial charge on any atom is 0.227 e. The quantitative estimate of drug-likeness (QED) is 0.684. The van der Waals surface area contributed by atoms with E-state index in [4.69, 9.17) is 5.73 Å². The molecule has 0 aromatic carbocycles. The Kier molecular flexibility index (Phi) is 5.96. The summed E-state index contributed by atoms with van der Waals surface area (Å²) >= 11 is 0. The van der Waals surface area contributed by atoms with Gasteiger partial charge in [-0.25, -0.2) is 0 Å². The third kappa shape index (κ3) is 3.70. The van der Waals surface area contributed by atoms with Gasteiger partial charge in [0.1, 0.15) is 0 Å². The van der Waals surface area contributed by atoms with Gasteiger partial charge in [-0.3, -0.25) is 4.79 Å². The fourth-order valence-corrected chi connectivity index (χ4v) is 2.50. The summed E-state index contributed by atoms with van der Waals surface area (Å²) in [5.74, 6) is 0.829. The molecule has 1 fully saturated rings. The van der Waals surface area contributed by atoms with E-state index in [1.54, 1.807) is 0 Å². The van der Waals surface area contributed by atoms with Crippen LogP contribution in [0.25, 0.3) is 0 Å². The van der Waals surface area contributed by atoms with Gasteiger partial charge >= 0.3 is 0 Å². The van der Waals surface area contributed by atoms with E-state index < -0.39 is 0 Å². The van der Waals surface area contributed by atoms with Crippen molar-refractivity contribution in [1.82, 2.24) is 5.32 Å². The molecule has 0 radical (unpaired) electrons. The van der Waals surface area contributed by atoms with Crippen LogP contribution in [-0.2, 0) is 4.79 Å². The van der Waals surface area contributed by atoms with Crippen LogP contribution in [0.2, 0.25) is 0 Å². The molecule has 1 aliphatic rings. The Hall–Kier alpha value is -0.570. The molecule has 1 amide bonds. The zero-order valence-electron chi connectivity index (χ0n) is 11.4. The van der Waals surface area contributed by atoms with Crippen LogP contribution in [0.1, 0.15) is 58.8 Å². The first kappa shape index (κ1) is 14.5. The SMILES string of the molecule is CCCCC(CC)CNC(=O)C1(CN)CCC1. The van der Waals surface area contributed by atoms with Crippen molar-refractivity contribution in [1.29, 1.82) is 0 Å². The minimum Gasteiger partial charge on any atom is -0.355 e. The molecule has 0 aromatic heterocycles. The number of amides is 1. The lowest BCUT2D eigenvalue weighted by atomic mass is 9.68. The number of unbranched alkanes of at least 4 members (excludes halogenated alkanes) is 1. The Morgan fingerprint density at radius 2 is 2.12 bits per heavy atom. The highest BCUT2D eigenvalue weighted by atomic mass is 16.2. The lowest BCUT2D eigenvalue weighted by molar-refractivity contribution is -0.135. The van der Waals surface area contributed by atoms with E-state index in [1.165, 1.54) is 19.3 Å². The molecule has 0 aliphatic heterocycles. The number of hydrogen-bond donors (Lipinski definition) is 2. The largest absolute Gasteiger partial charge is 0.355 e. The van der Waals surface area contributed by atoms with Crippen LogP contribution in [0, 0.1) is 11.3 Å². The Morgan fingerprint density at radius 3 is 2.53 bits per heavy atom. The maximum atomic E-state index is 12.1. The summed E-state index contributed by atoms with van der Waals surface area (Å²) in [6.07, 6.45) is 7.96. The summed E-state index contributed by atoms with van der Waals surface area (Å²) in [5, 5.41) is 3.12. The van der Waals surface area contributed by atoms with E-state index in [1.807, 2.05) is 0 Å². The molecule has 1 atom stereocenters. The fraction of sp³-hybridized carbons (Fsp3) is 0.929. The summed E-state index contributed by atoms with van der Waals surface area (Å²) in [5.41, 5.74) is 5.51. The molecular formula is C14H28N2O. The molecular weight excluding hydrogens is 212 g/mol. The van der Waals surface area contributed by atoms with E-state index in [-0.39, 0.29) is 11.3 Å². The van der Waals surface area contributed by atoms with E-state index in [2.05, 4.69) is 19.2 Å². The van der Waals surface area contributed by atoms with Gasteiger partial charge in [0.2, 0.25) is 5.91 Å². The summed E-state index contributed by atoms with van der Waals surface area (Å²) in [6, 6.07) is 0. The van der Waals surface area contributed by atoms with Crippen LogP contribution in [-0.4, -0.2) is 19.0 Å². The smallest absolute Gasteiger partial charge is 0.227 e. The first-order chi connectivity index (χ1) is 8.18. The molecule has 3 N–H and O–H groups in total. The van der Waals surface area contributed by atoms with Crippen molar-refractivity contribution in [3.05, 3.63) is 0 Å². The third-order valence-corrected chi connectivity index (χ3v) is 4.28. The standard InChI is InChI=1S/C14H28N2O/c1-3-5-7-12(4-2)10-16-13(17)14(11-15)8-6-9-14/h12H,3-11,15H2,1-2H3,(H,16,17). The number of carbonyl (C=O) groups excluding carboxylic acids is 1. The third-order valence-electron chi connectivity index (χ3n) is 4.28. The second-order valence-electron chi connectivity index (χ2n) is 5.46. The molecule has 1 unspecified atom stereocenters. The molecule has 0 aromatic rings. The maximum absolute atomic E-state index is 12.1. The van der Waals surface area contributed by atoms with Crippen LogP contribution in [0.15, 0.2) is 0 Å². The molecule has 3 heteroatoms. The summed E-state index contributed by atoms with van der Waals surface area (Å²) in [4.78, 5) is 12.1. The Labute approximate surface area is 106 Å². The molecule has 0 saturated heterocycles. The molecule has 3 nitrogen and oxygen atoms in total. The van der Waals surface area contributed by atoms with Gasteiger partial charge in [0.25, 0.3) is 0 Å². The van der Waals surface area contributed by atoms with Crippen molar-refractivity contribution in [2.45, 2.75) is 58.8 Å². The number of carbonyl (C=O) groups is 1. The average molecular weight is 240 g/mol. The average Bonchev–Trinajstić information content (AvgIpc) is 2.28. The van der Waals surface area contributed by atoms with Crippen molar-refractivity contribution >= 4 is 5.91 Å². The Balaban J connectivity index is 2.30. The van der Waals surface area contributed by atoms with Gasteiger partial charge in [-0.1, -0.05) is 39.5 Å². The second-order valence-corrected chi connectivity index (χ2v) is 5.46. The zero-order valence-corrected chi connectivity index (χ0v) is 11.4. The van der Waals surface area contributed by atoms with Gasteiger partial charge in [0.05, 0.1) is 5.41 Å². The van der Waals surface area contributed by atoms with Crippen molar-refractivity contribution in [2.75, 3.05) is 13.1 Å². The van der Waals surface area contributed by atoms with Gasteiger partial charge in [0.15, 0.2) is 0 Å². The van der Waals surface area contributed by atoms with Crippen LogP contribution in [0.5, 0.6) is 0 Å².